The molecule has 2 aromatic rings. The van der Waals surface area contributed by atoms with Crippen LogP contribution in [0.3, 0.4) is 0 Å². The number of nitrogens with zero attached hydrogens (tertiary/aromatic N) is 2. The van der Waals surface area contributed by atoms with E-state index < -0.39 is 0 Å². The quantitative estimate of drug-likeness (QED) is 0.864. The van der Waals surface area contributed by atoms with Crippen LogP contribution in [0.4, 0.5) is 10.2 Å². The number of anilines is 1. The Morgan fingerprint density at radius 2 is 2.04 bits per heavy atom. The van der Waals surface area contributed by atoms with Gasteiger partial charge in [0.25, 0.3) is 5.91 Å². The zero-order chi connectivity index (χ0) is 16.8. The molecule has 0 fully saturated rings. The summed E-state index contributed by atoms with van der Waals surface area (Å²) in [7, 11) is 1.90. The first-order valence-corrected chi connectivity index (χ1v) is 7.19. The summed E-state index contributed by atoms with van der Waals surface area (Å²) in [6.07, 6.45) is 6.62. The van der Waals surface area contributed by atoms with Gasteiger partial charge in [0, 0.05) is 13.2 Å². The third kappa shape index (κ3) is 4.07. The van der Waals surface area contributed by atoms with Crippen molar-refractivity contribution < 1.29 is 9.18 Å². The van der Waals surface area contributed by atoms with E-state index >= 15 is 0 Å². The number of pyridine rings is 1. The summed E-state index contributed by atoms with van der Waals surface area (Å²) in [6.45, 7) is 2.19. The van der Waals surface area contributed by atoms with Gasteiger partial charge in [0.15, 0.2) is 0 Å². The molecule has 1 aromatic carbocycles. The number of nitrogens with one attached hydrogen (secondary N) is 1. The van der Waals surface area contributed by atoms with E-state index in [0.29, 0.717) is 5.56 Å². The fourth-order valence-corrected chi connectivity index (χ4v) is 2.13. The van der Waals surface area contributed by atoms with Crippen LogP contribution in [0.1, 0.15) is 28.9 Å². The van der Waals surface area contributed by atoms with Crippen LogP contribution in [0.15, 0.2) is 42.6 Å². The van der Waals surface area contributed by atoms with Gasteiger partial charge in [0.1, 0.15) is 11.6 Å². The molecule has 1 unspecified atom stereocenters. The first-order chi connectivity index (χ1) is 11.0. The summed E-state index contributed by atoms with van der Waals surface area (Å²) >= 11 is 0. The Balaban J connectivity index is 2.10. The molecule has 0 aliphatic carbocycles. The number of carbonyl (C=O) groups is 1. The Kier molecular flexibility index (Phi) is 5.32. The van der Waals surface area contributed by atoms with Crippen molar-refractivity contribution in [1.82, 2.24) is 10.3 Å². The molecule has 2 rings (SSSR count). The lowest BCUT2D eigenvalue weighted by atomic mass is 10.1. The van der Waals surface area contributed by atoms with E-state index in [2.05, 4.69) is 16.2 Å². The highest BCUT2D eigenvalue weighted by Crippen LogP contribution is 2.23. The maximum atomic E-state index is 13.0. The summed E-state index contributed by atoms with van der Waals surface area (Å²) < 4.78 is 13.0. The number of halogens is 1. The Morgan fingerprint density at radius 3 is 2.61 bits per heavy atom. The number of aromatic nitrogens is 1. The smallest absolute Gasteiger partial charge is 0.253 e. The van der Waals surface area contributed by atoms with Crippen molar-refractivity contribution in [3.05, 3.63) is 59.5 Å². The molecule has 1 atom stereocenters. The Labute approximate surface area is 135 Å². The van der Waals surface area contributed by atoms with Crippen LogP contribution in [0.2, 0.25) is 0 Å². The maximum Gasteiger partial charge on any atom is 0.253 e. The number of rotatable bonds is 5. The van der Waals surface area contributed by atoms with Crippen LogP contribution >= 0.6 is 0 Å². The normalized spacial score (nSPS) is 11.4. The van der Waals surface area contributed by atoms with E-state index in [0.717, 1.165) is 11.4 Å². The molecule has 0 saturated heterocycles. The number of hydrogen-bond acceptors (Lipinski definition) is 3. The minimum Gasteiger partial charge on any atom is -0.353 e. The zero-order valence-electron chi connectivity index (χ0n) is 13.1. The van der Waals surface area contributed by atoms with Gasteiger partial charge in [-0.25, -0.2) is 9.37 Å². The first-order valence-electron chi connectivity index (χ1n) is 7.19. The predicted molar refractivity (Wildman–Crippen MR) is 88.6 cm³/mol. The number of amides is 1. The third-order valence-electron chi connectivity index (χ3n) is 3.66. The van der Waals surface area contributed by atoms with E-state index in [1.165, 1.54) is 18.3 Å². The van der Waals surface area contributed by atoms with Gasteiger partial charge in [-0.3, -0.25) is 4.79 Å². The molecule has 0 aliphatic heterocycles. The standard InChI is InChI=1S/C18H18FN3O/c1-4-11-20-18(23)15-7-10-17(21-12-15)22(3)13(2)14-5-8-16(19)9-6-14/h1,5-10,12-13H,11H2,2-3H3,(H,20,23). The molecule has 4 nitrogen and oxygen atoms in total. The van der Waals surface area contributed by atoms with Gasteiger partial charge >= 0.3 is 0 Å². The molecule has 5 heteroatoms. The van der Waals surface area contributed by atoms with Gasteiger partial charge < -0.3 is 10.2 Å². The molecule has 1 amide bonds. The number of carbonyl (C=O) groups excluding carboxylic acids is 1. The minimum atomic E-state index is -0.260. The van der Waals surface area contributed by atoms with Crippen LogP contribution in [0, 0.1) is 18.2 Å². The van der Waals surface area contributed by atoms with Crippen LogP contribution in [0.5, 0.6) is 0 Å². The van der Waals surface area contributed by atoms with Gasteiger partial charge in [-0.1, -0.05) is 18.1 Å². The van der Waals surface area contributed by atoms with Crippen molar-refractivity contribution >= 4 is 11.7 Å². The molecule has 1 aromatic heterocycles. The highest BCUT2D eigenvalue weighted by Gasteiger charge is 2.14. The summed E-state index contributed by atoms with van der Waals surface area (Å²) in [5.41, 5.74) is 1.43. The van der Waals surface area contributed by atoms with Gasteiger partial charge in [-0.15, -0.1) is 6.42 Å². The second kappa shape index (κ2) is 7.41. The van der Waals surface area contributed by atoms with Gasteiger partial charge in [0.2, 0.25) is 0 Å². The number of benzene rings is 1. The fourth-order valence-electron chi connectivity index (χ4n) is 2.13. The van der Waals surface area contributed by atoms with Crippen LogP contribution in [-0.2, 0) is 0 Å². The van der Waals surface area contributed by atoms with E-state index in [9.17, 15) is 9.18 Å². The molecule has 1 heterocycles. The predicted octanol–water partition coefficient (Wildman–Crippen LogP) is 2.78. The van der Waals surface area contributed by atoms with Crippen LogP contribution in [0.25, 0.3) is 0 Å². The summed E-state index contributed by atoms with van der Waals surface area (Å²) in [5, 5.41) is 2.59. The average Bonchev–Trinajstić information content (AvgIpc) is 2.59. The highest BCUT2D eigenvalue weighted by atomic mass is 19.1. The molecule has 0 radical (unpaired) electrons. The lowest BCUT2D eigenvalue weighted by molar-refractivity contribution is 0.0958. The van der Waals surface area contributed by atoms with Crippen molar-refractivity contribution in [3.63, 3.8) is 0 Å². The molecule has 0 saturated carbocycles. The number of hydrogen-bond donors (Lipinski definition) is 1. The molecular formula is C18H18FN3O. The van der Waals surface area contributed by atoms with E-state index in [1.807, 2.05) is 18.9 Å². The Hall–Kier alpha value is -2.87. The van der Waals surface area contributed by atoms with Gasteiger partial charge in [-0.2, -0.15) is 0 Å². The van der Waals surface area contributed by atoms with Crippen molar-refractivity contribution in [1.29, 1.82) is 0 Å². The maximum absolute atomic E-state index is 13.0. The van der Waals surface area contributed by atoms with Crippen molar-refractivity contribution in [3.8, 4) is 12.3 Å². The van der Waals surface area contributed by atoms with Crippen LogP contribution < -0.4 is 10.2 Å². The second-order valence-corrected chi connectivity index (χ2v) is 5.13. The molecule has 0 aliphatic rings. The largest absolute Gasteiger partial charge is 0.353 e. The highest BCUT2D eigenvalue weighted by molar-refractivity contribution is 5.94. The summed E-state index contributed by atoms with van der Waals surface area (Å²) in [6, 6.07) is 9.85. The van der Waals surface area contributed by atoms with Crippen LogP contribution in [-0.4, -0.2) is 24.5 Å². The SMILES string of the molecule is C#CCNC(=O)c1ccc(N(C)C(C)c2ccc(F)cc2)nc1. The molecular weight excluding hydrogens is 293 g/mol. The molecule has 118 valence electrons. The molecule has 0 bridgehead atoms. The van der Waals surface area contributed by atoms with E-state index in [4.69, 9.17) is 6.42 Å². The lowest BCUT2D eigenvalue weighted by Crippen LogP contribution is -2.25. The summed E-state index contributed by atoms with van der Waals surface area (Å²) in [5.74, 6) is 2.55. The first kappa shape index (κ1) is 16.5. The van der Waals surface area contributed by atoms with E-state index in [-0.39, 0.29) is 24.3 Å². The van der Waals surface area contributed by atoms with Crippen molar-refractivity contribution in [2.45, 2.75) is 13.0 Å². The third-order valence-corrected chi connectivity index (χ3v) is 3.66. The average molecular weight is 311 g/mol. The monoisotopic (exact) mass is 311 g/mol. The Morgan fingerprint density at radius 1 is 1.35 bits per heavy atom. The molecule has 23 heavy (non-hydrogen) atoms. The van der Waals surface area contributed by atoms with E-state index in [1.54, 1.807) is 24.3 Å². The number of terminal acetylenes is 1. The topological polar surface area (TPSA) is 45.2 Å². The zero-order valence-corrected chi connectivity index (χ0v) is 13.1. The summed E-state index contributed by atoms with van der Waals surface area (Å²) in [4.78, 5) is 18.0. The van der Waals surface area contributed by atoms with Gasteiger partial charge in [0.05, 0.1) is 18.2 Å². The molecule has 1 N–H and O–H groups in total. The van der Waals surface area contributed by atoms with Gasteiger partial charge in [-0.05, 0) is 36.8 Å². The van der Waals surface area contributed by atoms with Crippen molar-refractivity contribution in [2.75, 3.05) is 18.5 Å². The Bertz CT molecular complexity index is 705. The van der Waals surface area contributed by atoms with Crippen molar-refractivity contribution in [2.24, 2.45) is 0 Å². The minimum absolute atomic E-state index is 0.0178. The lowest BCUT2D eigenvalue weighted by Gasteiger charge is -2.26. The fraction of sp³-hybridized carbons (Fsp3) is 0.222. The second-order valence-electron chi connectivity index (χ2n) is 5.13. The molecule has 0 spiro atoms.